The number of carbonyl (C=O) groups excluding carboxylic acids is 1. The van der Waals surface area contributed by atoms with Gasteiger partial charge in [-0.05, 0) is 25.7 Å². The van der Waals surface area contributed by atoms with E-state index in [2.05, 4.69) is 13.0 Å². The molecule has 3 nitrogen and oxygen atoms in total. The van der Waals surface area contributed by atoms with E-state index in [1.165, 1.54) is 6.92 Å². The Morgan fingerprint density at radius 2 is 2.40 bits per heavy atom. The van der Waals surface area contributed by atoms with Crippen LogP contribution in [0.4, 0.5) is 0 Å². The molecule has 84 valence electrons. The van der Waals surface area contributed by atoms with Gasteiger partial charge in [0.25, 0.3) is 0 Å². The molecule has 0 amide bonds. The summed E-state index contributed by atoms with van der Waals surface area (Å²) in [7, 11) is 0. The molecule has 1 N–H and O–H groups in total. The normalized spacial score (nSPS) is 35.2. The van der Waals surface area contributed by atoms with Crippen molar-refractivity contribution in [3.8, 4) is 6.07 Å². The lowest BCUT2D eigenvalue weighted by molar-refractivity contribution is -0.136. The summed E-state index contributed by atoms with van der Waals surface area (Å²) in [6, 6.07) is 2.19. The second-order valence-corrected chi connectivity index (χ2v) is 4.83. The first-order chi connectivity index (χ1) is 7.01. The molecule has 3 heteroatoms. The first-order valence-corrected chi connectivity index (χ1v) is 5.61. The SMILES string of the molecule is CCC1CCCC(C#N)(C(C)(O)C=O)C1. The molecule has 0 saturated heterocycles. The van der Waals surface area contributed by atoms with Gasteiger partial charge >= 0.3 is 0 Å². The quantitative estimate of drug-likeness (QED) is 0.723. The minimum absolute atomic E-state index is 0.463. The van der Waals surface area contributed by atoms with Crippen LogP contribution in [0.25, 0.3) is 0 Å². The Balaban J connectivity index is 2.95. The summed E-state index contributed by atoms with van der Waals surface area (Å²) in [5, 5.41) is 19.3. The molecule has 0 spiro atoms. The van der Waals surface area contributed by atoms with E-state index in [-0.39, 0.29) is 0 Å². The summed E-state index contributed by atoms with van der Waals surface area (Å²) in [5.41, 5.74) is -2.37. The van der Waals surface area contributed by atoms with Crippen LogP contribution < -0.4 is 0 Å². The number of nitriles is 1. The zero-order chi connectivity index (χ0) is 11.5. The topological polar surface area (TPSA) is 61.1 Å². The monoisotopic (exact) mass is 209 g/mol. The van der Waals surface area contributed by atoms with Crippen molar-refractivity contribution in [2.45, 2.75) is 51.6 Å². The predicted octanol–water partition coefficient (Wildman–Crippen LogP) is 2.05. The van der Waals surface area contributed by atoms with Crippen LogP contribution >= 0.6 is 0 Å². The summed E-state index contributed by atoms with van der Waals surface area (Å²) in [4.78, 5) is 10.9. The highest BCUT2D eigenvalue weighted by atomic mass is 16.3. The number of carbonyl (C=O) groups is 1. The van der Waals surface area contributed by atoms with E-state index < -0.39 is 11.0 Å². The van der Waals surface area contributed by atoms with Gasteiger partial charge in [0.1, 0.15) is 5.60 Å². The van der Waals surface area contributed by atoms with Crippen LogP contribution in [-0.2, 0) is 4.79 Å². The molecule has 0 heterocycles. The standard InChI is InChI=1S/C12H19NO2/c1-3-10-5-4-6-12(7-10,8-13)11(2,15)9-14/h9-10,15H,3-7H2,1-2H3. The van der Waals surface area contributed by atoms with Gasteiger partial charge < -0.3 is 9.90 Å². The first kappa shape index (κ1) is 12.2. The van der Waals surface area contributed by atoms with Gasteiger partial charge in [-0.2, -0.15) is 5.26 Å². The lowest BCUT2D eigenvalue weighted by Gasteiger charge is -2.42. The van der Waals surface area contributed by atoms with Gasteiger partial charge in [-0.25, -0.2) is 0 Å². The Bertz CT molecular complexity index is 280. The van der Waals surface area contributed by atoms with Crippen LogP contribution in [0.5, 0.6) is 0 Å². The summed E-state index contributed by atoms with van der Waals surface area (Å²) in [5.74, 6) is 0.463. The van der Waals surface area contributed by atoms with Crippen molar-refractivity contribution in [1.82, 2.24) is 0 Å². The van der Waals surface area contributed by atoms with Crippen LogP contribution in [0.3, 0.4) is 0 Å². The molecule has 0 aromatic rings. The summed E-state index contributed by atoms with van der Waals surface area (Å²) in [6.07, 6.45) is 4.84. The zero-order valence-corrected chi connectivity index (χ0v) is 9.49. The Kier molecular flexibility index (Phi) is 3.51. The molecule has 0 radical (unpaired) electrons. The van der Waals surface area contributed by atoms with Gasteiger partial charge in [-0.1, -0.05) is 26.2 Å². The van der Waals surface area contributed by atoms with Gasteiger partial charge in [-0.3, -0.25) is 0 Å². The molecule has 0 bridgehead atoms. The molecule has 15 heavy (non-hydrogen) atoms. The van der Waals surface area contributed by atoms with Crippen LogP contribution in [0.15, 0.2) is 0 Å². The average molecular weight is 209 g/mol. The molecular weight excluding hydrogens is 190 g/mol. The number of rotatable bonds is 3. The number of hydrogen-bond donors (Lipinski definition) is 1. The van der Waals surface area contributed by atoms with Crippen molar-refractivity contribution in [2.75, 3.05) is 0 Å². The van der Waals surface area contributed by atoms with E-state index in [4.69, 9.17) is 0 Å². The van der Waals surface area contributed by atoms with Gasteiger partial charge in [0.15, 0.2) is 6.29 Å². The van der Waals surface area contributed by atoms with E-state index in [1.807, 2.05) is 0 Å². The van der Waals surface area contributed by atoms with E-state index >= 15 is 0 Å². The van der Waals surface area contributed by atoms with Gasteiger partial charge in [0.05, 0.1) is 11.5 Å². The van der Waals surface area contributed by atoms with Gasteiger partial charge in [-0.15, -0.1) is 0 Å². The maximum Gasteiger partial charge on any atom is 0.152 e. The van der Waals surface area contributed by atoms with Crippen molar-refractivity contribution in [1.29, 1.82) is 5.26 Å². The molecule has 0 aliphatic heterocycles. The second-order valence-electron chi connectivity index (χ2n) is 4.83. The third-order valence-corrected chi connectivity index (χ3v) is 3.84. The Morgan fingerprint density at radius 3 is 2.87 bits per heavy atom. The summed E-state index contributed by atoms with van der Waals surface area (Å²) in [6.45, 7) is 3.55. The highest BCUT2D eigenvalue weighted by Crippen LogP contribution is 2.46. The molecule has 0 aromatic carbocycles. The minimum atomic E-state index is -1.50. The third-order valence-electron chi connectivity index (χ3n) is 3.84. The Labute approximate surface area is 91.1 Å². The fourth-order valence-corrected chi connectivity index (χ4v) is 2.53. The fourth-order valence-electron chi connectivity index (χ4n) is 2.53. The lowest BCUT2D eigenvalue weighted by Crippen LogP contribution is -2.49. The van der Waals surface area contributed by atoms with Crippen LogP contribution in [0.1, 0.15) is 46.0 Å². The largest absolute Gasteiger partial charge is 0.381 e. The van der Waals surface area contributed by atoms with Crippen molar-refractivity contribution in [2.24, 2.45) is 11.3 Å². The second kappa shape index (κ2) is 4.32. The van der Waals surface area contributed by atoms with Crippen LogP contribution in [0.2, 0.25) is 0 Å². The van der Waals surface area contributed by atoms with Crippen LogP contribution in [-0.4, -0.2) is 17.0 Å². The number of nitrogens with zero attached hydrogens (tertiary/aromatic N) is 1. The van der Waals surface area contributed by atoms with E-state index in [9.17, 15) is 15.2 Å². The molecule has 3 unspecified atom stereocenters. The molecule has 1 rings (SSSR count). The minimum Gasteiger partial charge on any atom is -0.381 e. The van der Waals surface area contributed by atoms with Crippen molar-refractivity contribution >= 4 is 6.29 Å². The van der Waals surface area contributed by atoms with Crippen molar-refractivity contribution in [3.05, 3.63) is 0 Å². The maximum absolute atomic E-state index is 10.9. The first-order valence-electron chi connectivity index (χ1n) is 5.61. The van der Waals surface area contributed by atoms with E-state index in [0.717, 1.165) is 19.3 Å². The van der Waals surface area contributed by atoms with Gasteiger partial charge in [0, 0.05) is 0 Å². The lowest BCUT2D eigenvalue weighted by atomic mass is 9.62. The van der Waals surface area contributed by atoms with Crippen molar-refractivity contribution < 1.29 is 9.90 Å². The molecule has 1 aliphatic carbocycles. The highest BCUT2D eigenvalue weighted by Gasteiger charge is 2.50. The fraction of sp³-hybridized carbons (Fsp3) is 0.833. The third kappa shape index (κ3) is 2.05. The molecule has 1 fully saturated rings. The maximum atomic E-state index is 10.9. The van der Waals surface area contributed by atoms with Gasteiger partial charge in [0.2, 0.25) is 0 Å². The molecule has 1 aliphatic rings. The molecule has 1 saturated carbocycles. The Hall–Kier alpha value is -0.880. The molecule has 3 atom stereocenters. The molecule has 0 aromatic heterocycles. The molecular formula is C12H19NO2. The summed E-state index contributed by atoms with van der Waals surface area (Å²) >= 11 is 0. The predicted molar refractivity (Wildman–Crippen MR) is 57.0 cm³/mol. The number of aldehydes is 1. The Morgan fingerprint density at radius 1 is 1.73 bits per heavy atom. The number of hydrogen-bond acceptors (Lipinski definition) is 3. The van der Waals surface area contributed by atoms with E-state index in [1.54, 1.807) is 0 Å². The summed E-state index contributed by atoms with van der Waals surface area (Å²) < 4.78 is 0. The zero-order valence-electron chi connectivity index (χ0n) is 9.49. The van der Waals surface area contributed by atoms with E-state index in [0.29, 0.717) is 25.0 Å². The van der Waals surface area contributed by atoms with Crippen molar-refractivity contribution in [3.63, 3.8) is 0 Å². The smallest absolute Gasteiger partial charge is 0.152 e. The highest BCUT2D eigenvalue weighted by molar-refractivity contribution is 5.64. The average Bonchev–Trinajstić information content (AvgIpc) is 2.28. The number of aliphatic hydroxyl groups is 1. The van der Waals surface area contributed by atoms with Crippen LogP contribution in [0, 0.1) is 22.7 Å².